The number of aliphatic hydroxyl groups is 1. The van der Waals surface area contributed by atoms with Crippen LogP contribution in [0.25, 0.3) is 0 Å². The van der Waals surface area contributed by atoms with Gasteiger partial charge in [0.05, 0.1) is 22.3 Å². The first-order chi connectivity index (χ1) is 20.1. The molecule has 2 aromatic rings. The van der Waals surface area contributed by atoms with E-state index >= 15 is 0 Å². The second-order valence-corrected chi connectivity index (χ2v) is 13.0. The third-order valence-electron chi connectivity index (χ3n) is 8.73. The summed E-state index contributed by atoms with van der Waals surface area (Å²) in [7, 11) is 0. The molecule has 0 saturated carbocycles. The first-order valence-electron chi connectivity index (χ1n) is 14.4. The normalized spacial score (nSPS) is 18.9. The largest absolute Gasteiger partial charge is 0.506 e. The zero-order valence-electron chi connectivity index (χ0n) is 25.9. The maximum atomic E-state index is 14.1. The zero-order chi connectivity index (χ0) is 33.2. The fraction of sp³-hybridized carbons (Fsp3) is 0.400. The van der Waals surface area contributed by atoms with Crippen molar-refractivity contribution < 1.29 is 36.2 Å². The molecule has 1 heterocycles. The van der Waals surface area contributed by atoms with Crippen LogP contribution in [0.5, 0.6) is 0 Å². The third-order valence-corrected chi connectivity index (χ3v) is 8.73. The van der Waals surface area contributed by atoms with Crippen molar-refractivity contribution in [3.63, 3.8) is 0 Å². The number of Topliss-reactive ketones (excluding diaryl/α,β-unsaturated/α-hetero) is 1. The highest BCUT2D eigenvalue weighted by molar-refractivity contribution is 6.21. The summed E-state index contributed by atoms with van der Waals surface area (Å²) in [6.45, 7) is 16.4. The number of aryl methyl sites for hydroxylation is 1. The van der Waals surface area contributed by atoms with E-state index in [1.165, 1.54) is 24.3 Å². The Morgan fingerprint density at radius 3 is 2.11 bits per heavy atom. The fourth-order valence-corrected chi connectivity index (χ4v) is 6.24. The van der Waals surface area contributed by atoms with E-state index in [4.69, 9.17) is 0 Å². The molecule has 236 valence electrons. The van der Waals surface area contributed by atoms with E-state index < -0.39 is 40.1 Å². The van der Waals surface area contributed by atoms with Crippen molar-refractivity contribution in [2.75, 3.05) is 11.4 Å². The van der Waals surface area contributed by atoms with Gasteiger partial charge in [-0.2, -0.15) is 26.3 Å². The average molecular weight is 618 g/mol. The second kappa shape index (κ2) is 11.0. The standard InChI is InChI=1S/C35H37F6NO2/c1-19(2)15-16-42-26-14-10-13-25(35(39,40)41)29(26)33(7,8)27(42)18-23-30(43)22(31(23)44)17-21(4)32(5,6)28-20(3)11-9-12-24(28)34(36,37)38/h9-14,17-19,43H,4,15-16H2,1-3,5-8H3/b22-17+,27-18-. The molecule has 1 aliphatic heterocycles. The number of benzene rings is 2. The minimum Gasteiger partial charge on any atom is -0.506 e. The van der Waals surface area contributed by atoms with Gasteiger partial charge in [-0.25, -0.2) is 0 Å². The van der Waals surface area contributed by atoms with Crippen LogP contribution < -0.4 is 4.90 Å². The van der Waals surface area contributed by atoms with Crippen molar-refractivity contribution in [1.29, 1.82) is 0 Å². The van der Waals surface area contributed by atoms with Crippen molar-refractivity contribution >= 4 is 11.5 Å². The molecular weight excluding hydrogens is 580 g/mol. The second-order valence-electron chi connectivity index (χ2n) is 13.0. The lowest BCUT2D eigenvalue weighted by Crippen LogP contribution is -2.31. The molecule has 0 unspecified atom stereocenters. The first kappa shape index (κ1) is 33.1. The molecule has 9 heteroatoms. The van der Waals surface area contributed by atoms with E-state index in [-0.39, 0.29) is 39.5 Å². The summed E-state index contributed by atoms with van der Waals surface area (Å²) in [6.07, 6.45) is -5.81. The van der Waals surface area contributed by atoms with Crippen molar-refractivity contribution in [3.05, 3.63) is 111 Å². The van der Waals surface area contributed by atoms with Gasteiger partial charge in [0.2, 0.25) is 5.78 Å². The smallest absolute Gasteiger partial charge is 0.416 e. The van der Waals surface area contributed by atoms with Crippen LogP contribution in [0.2, 0.25) is 0 Å². The molecule has 0 fully saturated rings. The Labute approximate surface area is 254 Å². The number of carbonyl (C=O) groups excluding carboxylic acids is 1. The van der Waals surface area contributed by atoms with E-state index in [9.17, 15) is 36.2 Å². The monoisotopic (exact) mass is 617 g/mol. The zero-order valence-corrected chi connectivity index (χ0v) is 25.9. The number of rotatable bonds is 7. The SMILES string of the molecule is C=C(/C=C1/C(=O)C(/C=C2\N(CCC(C)C)c3cccc(C(F)(F)F)c3C2(C)C)=C1O)C(C)(C)c1c(C)cccc1C(F)(F)F. The molecule has 0 bridgehead atoms. The Balaban J connectivity index is 1.79. The van der Waals surface area contributed by atoms with Gasteiger partial charge in [0.25, 0.3) is 0 Å². The van der Waals surface area contributed by atoms with Gasteiger partial charge in [0, 0.05) is 28.8 Å². The number of fused-ring (bicyclic) bond motifs is 1. The summed E-state index contributed by atoms with van der Waals surface area (Å²) in [6, 6.07) is 7.93. The summed E-state index contributed by atoms with van der Waals surface area (Å²) >= 11 is 0. The summed E-state index contributed by atoms with van der Waals surface area (Å²) in [5, 5.41) is 11.0. The van der Waals surface area contributed by atoms with E-state index in [1.807, 2.05) is 13.8 Å². The van der Waals surface area contributed by atoms with Crippen LogP contribution in [0.15, 0.2) is 83.3 Å². The number of halogens is 6. The quantitative estimate of drug-likeness (QED) is 0.248. The van der Waals surface area contributed by atoms with Crippen molar-refractivity contribution in [2.45, 2.75) is 78.1 Å². The Morgan fingerprint density at radius 1 is 1.00 bits per heavy atom. The van der Waals surface area contributed by atoms with E-state index in [2.05, 4.69) is 6.58 Å². The van der Waals surface area contributed by atoms with Gasteiger partial charge in [0.1, 0.15) is 5.76 Å². The summed E-state index contributed by atoms with van der Waals surface area (Å²) in [4.78, 5) is 15.2. The van der Waals surface area contributed by atoms with Crippen molar-refractivity contribution in [1.82, 2.24) is 0 Å². The van der Waals surface area contributed by atoms with Gasteiger partial charge in [0.15, 0.2) is 0 Å². The highest BCUT2D eigenvalue weighted by Gasteiger charge is 2.48. The Kier molecular flexibility index (Phi) is 8.29. The summed E-state index contributed by atoms with van der Waals surface area (Å²) < 4.78 is 84.0. The van der Waals surface area contributed by atoms with Gasteiger partial charge in [-0.3, -0.25) is 4.79 Å². The number of ketones is 1. The first-order valence-corrected chi connectivity index (χ1v) is 14.4. The van der Waals surface area contributed by atoms with Crippen LogP contribution in [0.4, 0.5) is 32.0 Å². The lowest BCUT2D eigenvalue weighted by atomic mass is 9.72. The minimum atomic E-state index is -4.61. The van der Waals surface area contributed by atoms with E-state index in [0.717, 1.165) is 12.1 Å². The molecule has 2 aliphatic rings. The molecule has 0 aromatic heterocycles. The molecule has 1 aliphatic carbocycles. The molecule has 0 spiro atoms. The van der Waals surface area contributed by atoms with Gasteiger partial charge >= 0.3 is 12.4 Å². The van der Waals surface area contributed by atoms with Crippen LogP contribution in [-0.4, -0.2) is 17.4 Å². The van der Waals surface area contributed by atoms with Crippen LogP contribution >= 0.6 is 0 Å². The molecule has 4 rings (SSSR count). The molecule has 0 radical (unpaired) electrons. The Hall–Kier alpha value is -3.75. The van der Waals surface area contributed by atoms with E-state index in [0.29, 0.717) is 29.9 Å². The molecule has 0 amide bonds. The lowest BCUT2D eigenvalue weighted by molar-refractivity contribution is -0.139. The predicted octanol–water partition coefficient (Wildman–Crippen LogP) is 9.92. The van der Waals surface area contributed by atoms with Crippen LogP contribution in [-0.2, 0) is 28.0 Å². The molecular formula is C35H37F6NO2. The topological polar surface area (TPSA) is 40.5 Å². The highest BCUT2D eigenvalue weighted by Crippen LogP contribution is 2.53. The van der Waals surface area contributed by atoms with Crippen LogP contribution in [0, 0.1) is 12.8 Å². The number of allylic oxidation sites excluding steroid dienone is 6. The number of alkyl halides is 6. The van der Waals surface area contributed by atoms with Crippen LogP contribution in [0.1, 0.15) is 75.8 Å². The number of anilines is 1. The number of nitrogens with zero attached hydrogens (tertiary/aromatic N) is 1. The van der Waals surface area contributed by atoms with Gasteiger partial charge in [-0.15, -0.1) is 0 Å². The van der Waals surface area contributed by atoms with Crippen molar-refractivity contribution in [2.24, 2.45) is 5.92 Å². The molecule has 1 N–H and O–H groups in total. The predicted molar refractivity (Wildman–Crippen MR) is 160 cm³/mol. The Morgan fingerprint density at radius 2 is 1.57 bits per heavy atom. The fourth-order valence-electron chi connectivity index (χ4n) is 6.24. The number of hydrogen-bond donors (Lipinski definition) is 1. The molecule has 0 atom stereocenters. The molecule has 44 heavy (non-hydrogen) atoms. The lowest BCUT2D eigenvalue weighted by Gasteiger charge is -2.32. The minimum absolute atomic E-state index is 0.0127. The van der Waals surface area contributed by atoms with Crippen molar-refractivity contribution in [3.8, 4) is 0 Å². The van der Waals surface area contributed by atoms with E-state index in [1.54, 1.807) is 51.7 Å². The molecule has 2 aromatic carbocycles. The highest BCUT2D eigenvalue weighted by atomic mass is 19.4. The van der Waals surface area contributed by atoms with Gasteiger partial charge in [-0.1, -0.05) is 66.3 Å². The average Bonchev–Trinajstić information content (AvgIpc) is 3.12. The van der Waals surface area contributed by atoms with Crippen LogP contribution in [0.3, 0.4) is 0 Å². The summed E-state index contributed by atoms with van der Waals surface area (Å²) in [5.41, 5.74) is -2.65. The maximum Gasteiger partial charge on any atom is 0.416 e. The van der Waals surface area contributed by atoms with Gasteiger partial charge < -0.3 is 10.0 Å². The number of hydrogen-bond acceptors (Lipinski definition) is 3. The number of aliphatic hydroxyl groups excluding tert-OH is 1. The molecule has 3 nitrogen and oxygen atoms in total. The third kappa shape index (κ3) is 5.61. The summed E-state index contributed by atoms with van der Waals surface area (Å²) in [5.74, 6) is -0.701. The molecule has 0 saturated heterocycles. The maximum absolute atomic E-state index is 14.1. The Bertz CT molecular complexity index is 1620. The number of carbonyl (C=O) groups is 1. The van der Waals surface area contributed by atoms with Gasteiger partial charge in [-0.05, 0) is 71.9 Å².